The molecule has 1 unspecified atom stereocenters. The normalized spacial score (nSPS) is 46.8. The van der Waals surface area contributed by atoms with E-state index in [9.17, 15) is 9.90 Å². The minimum atomic E-state index is -0.283. The number of carbonyl (C=O) groups excluding carboxylic acids is 1. The zero-order valence-corrected chi connectivity index (χ0v) is 19.1. The van der Waals surface area contributed by atoms with Gasteiger partial charge in [-0.05, 0) is 111 Å². The van der Waals surface area contributed by atoms with Gasteiger partial charge < -0.3 is 5.11 Å². The van der Waals surface area contributed by atoms with E-state index in [-0.39, 0.29) is 16.9 Å². The number of rotatable bonds is 3. The van der Waals surface area contributed by atoms with E-state index in [1.165, 1.54) is 38.5 Å². The fourth-order valence-electron chi connectivity index (χ4n) is 9.46. The summed E-state index contributed by atoms with van der Waals surface area (Å²) in [5.41, 5.74) is 1.60. The number of aliphatic hydroxyl groups is 1. The average molecular weight is 434 g/mol. The first-order chi connectivity index (χ1) is 15.5. The maximum atomic E-state index is 13.5. The Kier molecular flexibility index (Phi) is 4.09. The molecule has 2 heterocycles. The Hall–Kier alpha value is -1.75. The highest BCUT2D eigenvalue weighted by atomic mass is 16.3. The molecule has 5 saturated carbocycles. The molecule has 170 valence electrons. The van der Waals surface area contributed by atoms with Crippen LogP contribution in [0.4, 0.5) is 0 Å². The molecule has 1 N–H and O–H groups in total. The molecule has 32 heavy (non-hydrogen) atoms. The Morgan fingerprint density at radius 2 is 1.81 bits per heavy atom. The van der Waals surface area contributed by atoms with Crippen LogP contribution < -0.4 is 0 Å². The van der Waals surface area contributed by atoms with Crippen molar-refractivity contribution in [3.63, 3.8) is 0 Å². The maximum Gasteiger partial charge on any atom is 0.157 e. The highest BCUT2D eigenvalue weighted by molar-refractivity contribution is 5.82. The second-order valence-corrected chi connectivity index (χ2v) is 12.2. The number of pyridine rings is 1. The summed E-state index contributed by atoms with van der Waals surface area (Å²) in [4.78, 5) is 17.9. The van der Waals surface area contributed by atoms with Crippen molar-refractivity contribution in [3.05, 3.63) is 24.5 Å². The van der Waals surface area contributed by atoms with Gasteiger partial charge in [0.25, 0.3) is 0 Å². The van der Waals surface area contributed by atoms with Crippen LogP contribution in [0.15, 0.2) is 24.5 Å². The van der Waals surface area contributed by atoms with E-state index in [0.717, 1.165) is 54.0 Å². The second-order valence-electron chi connectivity index (χ2n) is 12.2. The van der Waals surface area contributed by atoms with Crippen LogP contribution in [0.3, 0.4) is 0 Å². The van der Waals surface area contributed by atoms with E-state index in [4.69, 9.17) is 0 Å². The molecular weight excluding hydrogens is 398 g/mol. The largest absolute Gasteiger partial charge is 0.390 e. The predicted molar refractivity (Wildman–Crippen MR) is 122 cm³/mol. The number of carbonyl (C=O) groups is 1. The van der Waals surface area contributed by atoms with Crippen LogP contribution in [0, 0.1) is 46.8 Å². The SMILES string of the molecule is C[C@]12CC[C@@H]3[C@H]4CC[C@]5(O)CC5[C@H]4CC[C@H]3[C@@H]1CC[C@@H]2C(=O)Cn1cc2ncccc2n1. The third-order valence-corrected chi connectivity index (χ3v) is 11.0. The highest BCUT2D eigenvalue weighted by Crippen LogP contribution is 2.68. The molecule has 5 aliphatic rings. The minimum Gasteiger partial charge on any atom is -0.390 e. The molecule has 0 aliphatic heterocycles. The maximum absolute atomic E-state index is 13.5. The lowest BCUT2D eigenvalue weighted by atomic mass is 9.49. The van der Waals surface area contributed by atoms with Crippen LogP contribution in [0.1, 0.15) is 64.7 Å². The van der Waals surface area contributed by atoms with Crippen molar-refractivity contribution in [2.24, 2.45) is 46.8 Å². The lowest BCUT2D eigenvalue weighted by Gasteiger charge is -2.56. The van der Waals surface area contributed by atoms with Gasteiger partial charge in [0.05, 0.1) is 18.3 Å². The van der Waals surface area contributed by atoms with Gasteiger partial charge in [0, 0.05) is 12.1 Å². The number of hydrogen-bond donors (Lipinski definition) is 1. The number of fused-ring (bicyclic) bond motifs is 8. The summed E-state index contributed by atoms with van der Waals surface area (Å²) in [6.07, 6.45) is 14.5. The summed E-state index contributed by atoms with van der Waals surface area (Å²) in [7, 11) is 0. The quantitative estimate of drug-likeness (QED) is 0.766. The van der Waals surface area contributed by atoms with E-state index in [2.05, 4.69) is 17.0 Å². The second kappa shape index (κ2) is 6.65. The predicted octanol–water partition coefficient (Wildman–Crippen LogP) is 4.63. The van der Waals surface area contributed by atoms with Crippen LogP contribution in [0.2, 0.25) is 0 Å². The number of nitrogens with zero attached hydrogens (tertiary/aromatic N) is 3. The van der Waals surface area contributed by atoms with Crippen molar-refractivity contribution in [2.75, 3.05) is 0 Å². The molecular formula is C27H35N3O2. The van der Waals surface area contributed by atoms with Gasteiger partial charge in [-0.15, -0.1) is 0 Å². The van der Waals surface area contributed by atoms with Gasteiger partial charge in [0.2, 0.25) is 0 Å². The molecule has 5 fully saturated rings. The van der Waals surface area contributed by atoms with E-state index in [0.29, 0.717) is 24.2 Å². The van der Waals surface area contributed by atoms with Gasteiger partial charge in [0.1, 0.15) is 11.0 Å². The molecule has 0 amide bonds. The van der Waals surface area contributed by atoms with E-state index in [1.807, 2.05) is 23.0 Å². The topological polar surface area (TPSA) is 68.0 Å². The average Bonchev–Trinajstić information content (AvgIpc) is 3.13. The molecule has 7 rings (SSSR count). The van der Waals surface area contributed by atoms with E-state index < -0.39 is 0 Å². The Morgan fingerprint density at radius 1 is 1.03 bits per heavy atom. The van der Waals surface area contributed by atoms with Crippen LogP contribution in [-0.4, -0.2) is 31.3 Å². The smallest absolute Gasteiger partial charge is 0.157 e. The first kappa shape index (κ1) is 19.7. The van der Waals surface area contributed by atoms with Gasteiger partial charge in [-0.1, -0.05) is 6.92 Å². The molecule has 0 spiro atoms. The highest BCUT2D eigenvalue weighted by Gasteiger charge is 2.65. The molecule has 2 aromatic heterocycles. The van der Waals surface area contributed by atoms with Crippen molar-refractivity contribution < 1.29 is 9.90 Å². The summed E-state index contributed by atoms with van der Waals surface area (Å²) in [5.74, 6) is 5.11. The monoisotopic (exact) mass is 433 g/mol. The molecule has 0 saturated heterocycles. The standard InChI is InChI=1S/C27H35N3O2/c1-26-10-8-16-17-9-11-27(32)13-22(27)19(17)5-4-18(16)20(26)6-7-21(26)25(31)15-30-14-24-23(29-30)3-2-12-28-24/h2-3,12,14,16-22,32H,4-11,13,15H2,1H3/t16-,17-,18-,19+,20+,21-,22?,26+,27+/m1/s1. The van der Waals surface area contributed by atoms with Crippen LogP contribution >= 0.6 is 0 Å². The Bertz CT molecular complexity index is 1050. The summed E-state index contributed by atoms with van der Waals surface area (Å²) in [6, 6.07) is 3.86. The third-order valence-electron chi connectivity index (χ3n) is 11.0. The van der Waals surface area contributed by atoms with E-state index >= 15 is 0 Å². The zero-order valence-electron chi connectivity index (χ0n) is 19.1. The number of Topliss-reactive ketones (excluding diaryl/α,β-unsaturated/α-hetero) is 1. The van der Waals surface area contributed by atoms with Gasteiger partial charge in [-0.25, -0.2) is 0 Å². The van der Waals surface area contributed by atoms with Crippen LogP contribution in [-0.2, 0) is 11.3 Å². The fourth-order valence-corrected chi connectivity index (χ4v) is 9.46. The van der Waals surface area contributed by atoms with Crippen molar-refractivity contribution in [2.45, 2.75) is 76.9 Å². The van der Waals surface area contributed by atoms with Crippen molar-refractivity contribution in [1.29, 1.82) is 0 Å². The Labute approximate surface area is 190 Å². The molecule has 0 bridgehead atoms. The molecule has 5 aliphatic carbocycles. The van der Waals surface area contributed by atoms with Crippen LogP contribution in [0.25, 0.3) is 11.0 Å². The first-order valence-electron chi connectivity index (χ1n) is 13.0. The third kappa shape index (κ3) is 2.69. The number of hydrogen-bond acceptors (Lipinski definition) is 4. The molecule has 5 nitrogen and oxygen atoms in total. The molecule has 5 heteroatoms. The Morgan fingerprint density at radius 3 is 2.62 bits per heavy atom. The first-order valence-corrected chi connectivity index (χ1v) is 13.0. The summed E-state index contributed by atoms with van der Waals surface area (Å²) < 4.78 is 1.81. The van der Waals surface area contributed by atoms with E-state index in [1.54, 1.807) is 6.20 Å². The molecule has 2 aromatic rings. The molecule has 0 aromatic carbocycles. The summed E-state index contributed by atoms with van der Waals surface area (Å²) >= 11 is 0. The van der Waals surface area contributed by atoms with Crippen LogP contribution in [0.5, 0.6) is 0 Å². The van der Waals surface area contributed by atoms with Gasteiger partial charge in [0.15, 0.2) is 5.78 Å². The molecule has 0 radical (unpaired) electrons. The molecule has 9 atom stereocenters. The van der Waals surface area contributed by atoms with Gasteiger partial charge in [-0.3, -0.25) is 14.5 Å². The zero-order chi connectivity index (χ0) is 21.7. The van der Waals surface area contributed by atoms with Crippen molar-refractivity contribution >= 4 is 16.8 Å². The lowest BCUT2D eigenvalue weighted by Crippen LogP contribution is -2.50. The Balaban J connectivity index is 1.09. The number of aromatic nitrogens is 3. The fraction of sp³-hybridized carbons (Fsp3) is 0.741. The lowest BCUT2D eigenvalue weighted by molar-refractivity contribution is -0.131. The van der Waals surface area contributed by atoms with Gasteiger partial charge >= 0.3 is 0 Å². The summed E-state index contributed by atoms with van der Waals surface area (Å²) in [5, 5.41) is 15.3. The van der Waals surface area contributed by atoms with Gasteiger partial charge in [-0.2, -0.15) is 5.10 Å². The number of ketones is 1. The summed E-state index contributed by atoms with van der Waals surface area (Å²) in [6.45, 7) is 2.82. The minimum absolute atomic E-state index is 0.158. The van der Waals surface area contributed by atoms with Crippen molar-refractivity contribution in [1.82, 2.24) is 14.8 Å². The van der Waals surface area contributed by atoms with Crippen molar-refractivity contribution in [3.8, 4) is 0 Å².